The number of aliphatic hydroxyl groups excluding tert-OH is 2. The molecular weight excluding hydrogens is 514 g/mol. The van der Waals surface area contributed by atoms with E-state index in [9.17, 15) is 25.3 Å². The average Bonchev–Trinajstić information content (AvgIpc) is 2.87. The van der Waals surface area contributed by atoms with E-state index < -0.39 is 72.4 Å². The molecule has 2 aliphatic heterocycles. The quantitative estimate of drug-likeness (QED) is 0.0919. The molecule has 3 rings (SSSR count). The SMILES string of the molecule is CCNCC1=CCC(N)C(C2C(N)CC(NC(=O)N(O)CCN)C(OC3OCC(C)(O)C(NC)C3O)C2O)O1. The number of likely N-dealkylation sites (N-methyl/N-ethyl adjacent to an activating group) is 2. The van der Waals surface area contributed by atoms with Crippen LogP contribution in [0.5, 0.6) is 0 Å². The number of nitrogens with two attached hydrogens (primary N) is 3. The number of hydroxylamine groups is 2. The van der Waals surface area contributed by atoms with Crippen LogP contribution in [-0.4, -0.2) is 132 Å². The van der Waals surface area contributed by atoms with Gasteiger partial charge in [0, 0.05) is 24.5 Å². The minimum Gasteiger partial charge on any atom is -0.492 e. The number of aliphatic hydroxyl groups is 3. The van der Waals surface area contributed by atoms with Gasteiger partial charge in [-0.2, -0.15) is 0 Å². The van der Waals surface area contributed by atoms with E-state index in [1.165, 1.54) is 6.92 Å². The largest absolute Gasteiger partial charge is 0.492 e. The number of ether oxygens (including phenoxy) is 3. The first kappa shape index (κ1) is 31.9. The zero-order valence-corrected chi connectivity index (χ0v) is 22.9. The zero-order chi connectivity index (χ0) is 28.9. The summed E-state index contributed by atoms with van der Waals surface area (Å²) >= 11 is 0. The molecule has 2 fully saturated rings. The minimum absolute atomic E-state index is 0.0335. The molecule has 15 heteroatoms. The summed E-state index contributed by atoms with van der Waals surface area (Å²) in [5.41, 5.74) is 17.0. The molecular formula is C24H47N7O8. The summed E-state index contributed by atoms with van der Waals surface area (Å²) in [5.74, 6) is 0.000342. The third kappa shape index (κ3) is 7.37. The highest BCUT2D eigenvalue weighted by Crippen LogP contribution is 2.36. The van der Waals surface area contributed by atoms with E-state index in [0.717, 1.165) is 6.54 Å². The maximum absolute atomic E-state index is 12.6. The summed E-state index contributed by atoms with van der Waals surface area (Å²) in [6.07, 6.45) is -3.08. The molecule has 3 aliphatic rings. The number of hydrogen-bond acceptors (Lipinski definition) is 13. The Morgan fingerprint density at radius 2 is 2.00 bits per heavy atom. The van der Waals surface area contributed by atoms with Crippen LogP contribution in [0.1, 0.15) is 26.7 Å². The highest BCUT2D eigenvalue weighted by Gasteiger charge is 2.53. The standard InChI is InChI=1S/C24H47N7O8/c1-4-29-10-12-5-6-13(26)19(38-12)16-14(27)9-15(30-23(34)31(36)8-7-25)20(17(16)32)39-22-18(33)21(28-3)24(2,35)11-37-22/h5,13-22,28-29,32-33,35-36H,4,6-11,25-27H2,1-3H3,(H,30,34). The first-order valence-electron chi connectivity index (χ1n) is 13.5. The van der Waals surface area contributed by atoms with Crippen LogP contribution < -0.4 is 33.2 Å². The lowest BCUT2D eigenvalue weighted by Crippen LogP contribution is -2.69. The number of rotatable bonds is 10. The molecule has 226 valence electrons. The molecule has 0 aromatic heterocycles. The molecule has 1 saturated carbocycles. The Hall–Kier alpha value is -1.63. The van der Waals surface area contributed by atoms with E-state index in [0.29, 0.717) is 23.8 Å². The number of hydrogen-bond donors (Lipinski definition) is 10. The normalized spacial score (nSPS) is 40.9. The molecule has 39 heavy (non-hydrogen) atoms. The number of carbonyl (C=O) groups is 1. The van der Waals surface area contributed by atoms with Crippen molar-refractivity contribution in [2.75, 3.05) is 39.8 Å². The fourth-order valence-corrected chi connectivity index (χ4v) is 5.66. The van der Waals surface area contributed by atoms with Gasteiger partial charge in [0.25, 0.3) is 0 Å². The molecule has 0 bridgehead atoms. The first-order valence-corrected chi connectivity index (χ1v) is 13.5. The number of nitrogens with one attached hydrogen (secondary N) is 3. The lowest BCUT2D eigenvalue weighted by molar-refractivity contribution is -0.297. The molecule has 2 heterocycles. The Labute approximate surface area is 228 Å². The van der Waals surface area contributed by atoms with Gasteiger partial charge in [-0.1, -0.05) is 6.92 Å². The van der Waals surface area contributed by atoms with Crippen molar-refractivity contribution in [2.45, 2.75) is 87.2 Å². The van der Waals surface area contributed by atoms with Crippen LogP contribution in [0, 0.1) is 5.92 Å². The average molecular weight is 562 g/mol. The Balaban J connectivity index is 1.86. The molecule has 13 N–H and O–H groups in total. The molecule has 15 nitrogen and oxygen atoms in total. The molecule has 0 aromatic carbocycles. The van der Waals surface area contributed by atoms with Crippen molar-refractivity contribution >= 4 is 6.03 Å². The number of amides is 2. The van der Waals surface area contributed by atoms with Crippen molar-refractivity contribution in [3.05, 3.63) is 11.8 Å². The van der Waals surface area contributed by atoms with Crippen LogP contribution in [0.4, 0.5) is 4.79 Å². The van der Waals surface area contributed by atoms with E-state index in [1.807, 2.05) is 13.0 Å². The highest BCUT2D eigenvalue weighted by atomic mass is 16.7. The van der Waals surface area contributed by atoms with Crippen molar-refractivity contribution in [3.8, 4) is 0 Å². The summed E-state index contributed by atoms with van der Waals surface area (Å²) in [6.45, 7) is 4.51. The van der Waals surface area contributed by atoms with Crippen LogP contribution in [0.3, 0.4) is 0 Å². The van der Waals surface area contributed by atoms with Gasteiger partial charge in [-0.05, 0) is 39.4 Å². The van der Waals surface area contributed by atoms with Crippen molar-refractivity contribution in [3.63, 3.8) is 0 Å². The van der Waals surface area contributed by atoms with E-state index in [-0.39, 0.29) is 26.1 Å². The molecule has 11 unspecified atom stereocenters. The number of nitrogens with zero attached hydrogens (tertiary/aromatic N) is 1. The first-order chi connectivity index (χ1) is 18.4. The fraction of sp³-hybridized carbons (Fsp3) is 0.875. The van der Waals surface area contributed by atoms with Gasteiger partial charge in [0.05, 0.1) is 37.9 Å². The number of carbonyl (C=O) groups excluding carboxylic acids is 1. The Kier molecular flexibility index (Phi) is 11.3. The van der Waals surface area contributed by atoms with E-state index in [4.69, 9.17) is 31.4 Å². The molecule has 2 amide bonds. The van der Waals surface area contributed by atoms with Crippen molar-refractivity contribution in [1.82, 2.24) is 21.0 Å². The molecule has 0 radical (unpaired) electrons. The Bertz CT molecular complexity index is 836. The fourth-order valence-electron chi connectivity index (χ4n) is 5.66. The van der Waals surface area contributed by atoms with Crippen molar-refractivity contribution < 1.29 is 39.5 Å². The summed E-state index contributed by atoms with van der Waals surface area (Å²) in [7, 11) is 1.59. The lowest BCUT2D eigenvalue weighted by Gasteiger charge is -2.50. The predicted octanol–water partition coefficient (Wildman–Crippen LogP) is -3.53. The predicted molar refractivity (Wildman–Crippen MR) is 140 cm³/mol. The van der Waals surface area contributed by atoms with Gasteiger partial charge in [0.2, 0.25) is 0 Å². The van der Waals surface area contributed by atoms with Gasteiger partial charge < -0.3 is 62.7 Å². The maximum atomic E-state index is 12.6. The Morgan fingerprint density at radius 1 is 1.28 bits per heavy atom. The summed E-state index contributed by atoms with van der Waals surface area (Å²) in [4.78, 5) is 12.6. The number of urea groups is 1. The Morgan fingerprint density at radius 3 is 2.64 bits per heavy atom. The second-order valence-corrected chi connectivity index (χ2v) is 10.8. The van der Waals surface area contributed by atoms with Crippen LogP contribution >= 0.6 is 0 Å². The topological polar surface area (TPSA) is 243 Å². The third-order valence-corrected chi connectivity index (χ3v) is 7.72. The van der Waals surface area contributed by atoms with Gasteiger partial charge in [-0.3, -0.25) is 5.21 Å². The smallest absolute Gasteiger partial charge is 0.341 e. The van der Waals surface area contributed by atoms with Crippen LogP contribution in [0.15, 0.2) is 11.8 Å². The monoisotopic (exact) mass is 561 g/mol. The molecule has 0 spiro atoms. The highest BCUT2D eigenvalue weighted by molar-refractivity contribution is 5.73. The molecule has 11 atom stereocenters. The zero-order valence-electron chi connectivity index (χ0n) is 22.9. The van der Waals surface area contributed by atoms with Gasteiger partial charge in [-0.15, -0.1) is 0 Å². The summed E-state index contributed by atoms with van der Waals surface area (Å²) in [5, 5.41) is 52.4. The van der Waals surface area contributed by atoms with E-state index in [2.05, 4.69) is 16.0 Å². The van der Waals surface area contributed by atoms with Crippen LogP contribution in [-0.2, 0) is 14.2 Å². The van der Waals surface area contributed by atoms with Crippen molar-refractivity contribution in [1.29, 1.82) is 0 Å². The van der Waals surface area contributed by atoms with Crippen LogP contribution in [0.2, 0.25) is 0 Å². The van der Waals surface area contributed by atoms with Gasteiger partial charge >= 0.3 is 6.03 Å². The van der Waals surface area contributed by atoms with Crippen LogP contribution in [0.25, 0.3) is 0 Å². The van der Waals surface area contributed by atoms with Crippen molar-refractivity contribution in [2.24, 2.45) is 23.1 Å². The second kappa shape index (κ2) is 13.8. The molecule has 1 aliphatic carbocycles. The summed E-state index contributed by atoms with van der Waals surface area (Å²) in [6, 6.07) is -3.64. The second-order valence-electron chi connectivity index (χ2n) is 10.8. The van der Waals surface area contributed by atoms with E-state index in [1.54, 1.807) is 7.05 Å². The maximum Gasteiger partial charge on any atom is 0.341 e. The van der Waals surface area contributed by atoms with Gasteiger partial charge in [0.15, 0.2) is 6.29 Å². The van der Waals surface area contributed by atoms with Gasteiger partial charge in [-0.25, -0.2) is 9.86 Å². The van der Waals surface area contributed by atoms with Gasteiger partial charge in [0.1, 0.15) is 29.7 Å². The lowest BCUT2D eigenvalue weighted by atomic mass is 9.72. The molecule has 1 saturated heterocycles. The minimum atomic E-state index is -1.38. The summed E-state index contributed by atoms with van der Waals surface area (Å²) < 4.78 is 18.0. The third-order valence-electron chi connectivity index (χ3n) is 7.72. The molecule has 0 aromatic rings. The van der Waals surface area contributed by atoms with E-state index >= 15 is 0 Å².